The Morgan fingerprint density at radius 1 is 1.32 bits per heavy atom. The van der Waals surface area contributed by atoms with E-state index >= 15 is 0 Å². The summed E-state index contributed by atoms with van der Waals surface area (Å²) in [5.74, 6) is 0.126. The lowest BCUT2D eigenvalue weighted by Gasteiger charge is -2.18. The van der Waals surface area contributed by atoms with Crippen LogP contribution < -0.4 is 5.73 Å². The maximum absolute atomic E-state index is 7.44. The summed E-state index contributed by atoms with van der Waals surface area (Å²) in [6, 6.07) is 8.13. The smallest absolute Gasteiger partial charge is 0.122 e. The van der Waals surface area contributed by atoms with Crippen LogP contribution in [-0.2, 0) is 13.1 Å². The molecule has 2 aromatic rings. The fraction of sp³-hybridized carbons (Fsp3) is 0.267. The number of nitrogens with one attached hydrogen (secondary N) is 1. The van der Waals surface area contributed by atoms with Crippen LogP contribution in [0.1, 0.15) is 22.3 Å². The molecule has 3 nitrogen and oxygen atoms in total. The van der Waals surface area contributed by atoms with Crippen molar-refractivity contribution in [1.82, 2.24) is 4.90 Å². The van der Waals surface area contributed by atoms with Crippen LogP contribution in [0.25, 0.3) is 0 Å². The van der Waals surface area contributed by atoms with Crippen LogP contribution in [0.3, 0.4) is 0 Å². The van der Waals surface area contributed by atoms with Crippen LogP contribution in [0.4, 0.5) is 0 Å². The van der Waals surface area contributed by atoms with Gasteiger partial charge in [-0.2, -0.15) is 11.3 Å². The molecule has 0 radical (unpaired) electrons. The molecule has 0 bridgehead atoms. The Kier molecular flexibility index (Phi) is 4.35. The molecule has 100 valence electrons. The molecule has 0 aliphatic heterocycles. The first-order valence-electron chi connectivity index (χ1n) is 6.20. The van der Waals surface area contributed by atoms with E-state index in [1.54, 1.807) is 11.3 Å². The van der Waals surface area contributed by atoms with Crippen molar-refractivity contribution in [2.75, 3.05) is 7.05 Å². The van der Waals surface area contributed by atoms with Crippen molar-refractivity contribution in [1.29, 1.82) is 5.41 Å². The van der Waals surface area contributed by atoms with E-state index in [2.05, 4.69) is 41.8 Å². The third-order valence-corrected chi connectivity index (χ3v) is 3.86. The third kappa shape index (κ3) is 3.66. The molecule has 0 amide bonds. The van der Waals surface area contributed by atoms with Gasteiger partial charge >= 0.3 is 0 Å². The number of nitrogens with two attached hydrogens (primary N) is 1. The zero-order valence-corrected chi connectivity index (χ0v) is 12.1. The maximum Gasteiger partial charge on any atom is 0.122 e. The highest BCUT2D eigenvalue weighted by atomic mass is 32.1. The number of thiophene rings is 1. The molecule has 0 fully saturated rings. The Hall–Kier alpha value is -1.65. The first-order chi connectivity index (χ1) is 9.06. The summed E-state index contributed by atoms with van der Waals surface area (Å²) in [4.78, 5) is 2.29. The average molecular weight is 273 g/mol. The molecule has 0 atom stereocenters. The topological polar surface area (TPSA) is 53.1 Å². The standard InChI is InChI=1S/C15H19N3S/c1-11-7-13(15(16)17)3-4-14(11)9-18(2)8-12-5-6-19-10-12/h3-7,10H,8-9H2,1-2H3,(H3,16,17). The summed E-state index contributed by atoms with van der Waals surface area (Å²) in [6.45, 7) is 3.93. The average Bonchev–Trinajstić information content (AvgIpc) is 2.84. The van der Waals surface area contributed by atoms with Gasteiger partial charge in [-0.15, -0.1) is 0 Å². The van der Waals surface area contributed by atoms with Crippen LogP contribution in [-0.4, -0.2) is 17.8 Å². The second-order valence-corrected chi connectivity index (χ2v) is 5.64. The first-order valence-corrected chi connectivity index (χ1v) is 7.14. The minimum atomic E-state index is 0.126. The number of aryl methyl sites for hydroxylation is 1. The predicted octanol–water partition coefficient (Wildman–Crippen LogP) is 2.97. The molecule has 1 heterocycles. The molecule has 1 aromatic heterocycles. The van der Waals surface area contributed by atoms with Gasteiger partial charge in [0.2, 0.25) is 0 Å². The molecule has 0 saturated carbocycles. The van der Waals surface area contributed by atoms with Crippen LogP contribution >= 0.6 is 11.3 Å². The van der Waals surface area contributed by atoms with Crippen molar-refractivity contribution in [3.05, 3.63) is 57.3 Å². The molecule has 4 heteroatoms. The van der Waals surface area contributed by atoms with Gasteiger partial charge in [0.25, 0.3) is 0 Å². The van der Waals surface area contributed by atoms with Gasteiger partial charge in [-0.25, -0.2) is 0 Å². The fourth-order valence-electron chi connectivity index (χ4n) is 2.08. The summed E-state index contributed by atoms with van der Waals surface area (Å²) in [5.41, 5.74) is 10.1. The van der Waals surface area contributed by atoms with Gasteiger partial charge in [0.15, 0.2) is 0 Å². The molecule has 0 aliphatic carbocycles. The van der Waals surface area contributed by atoms with Gasteiger partial charge in [0, 0.05) is 18.7 Å². The normalized spacial score (nSPS) is 10.9. The summed E-state index contributed by atoms with van der Waals surface area (Å²) in [5, 5.41) is 11.7. The van der Waals surface area contributed by atoms with Crippen LogP contribution in [0, 0.1) is 12.3 Å². The van der Waals surface area contributed by atoms with Crippen molar-refractivity contribution in [2.45, 2.75) is 20.0 Å². The lowest BCUT2D eigenvalue weighted by molar-refractivity contribution is 0.319. The number of benzene rings is 1. The van der Waals surface area contributed by atoms with E-state index in [1.807, 2.05) is 12.1 Å². The Morgan fingerprint density at radius 2 is 2.11 bits per heavy atom. The summed E-state index contributed by atoms with van der Waals surface area (Å²) in [7, 11) is 2.12. The Bertz CT molecular complexity index is 561. The third-order valence-electron chi connectivity index (χ3n) is 3.13. The lowest BCUT2D eigenvalue weighted by atomic mass is 10.0. The molecule has 2 rings (SSSR count). The lowest BCUT2D eigenvalue weighted by Crippen LogP contribution is -2.18. The number of amidine groups is 1. The van der Waals surface area contributed by atoms with Gasteiger partial charge in [0.05, 0.1) is 0 Å². The summed E-state index contributed by atoms with van der Waals surface area (Å²) in [6.07, 6.45) is 0. The zero-order chi connectivity index (χ0) is 13.8. The molecule has 19 heavy (non-hydrogen) atoms. The largest absolute Gasteiger partial charge is 0.384 e. The van der Waals surface area contributed by atoms with Gasteiger partial charge in [-0.3, -0.25) is 10.3 Å². The minimum Gasteiger partial charge on any atom is -0.384 e. The monoisotopic (exact) mass is 273 g/mol. The predicted molar refractivity (Wildman–Crippen MR) is 81.7 cm³/mol. The summed E-state index contributed by atoms with van der Waals surface area (Å²) < 4.78 is 0. The number of nitrogens with zero attached hydrogens (tertiary/aromatic N) is 1. The Labute approximate surface area is 118 Å². The van der Waals surface area contributed by atoms with Crippen molar-refractivity contribution in [2.24, 2.45) is 5.73 Å². The molecular weight excluding hydrogens is 254 g/mol. The van der Waals surface area contributed by atoms with E-state index in [1.165, 1.54) is 16.7 Å². The first kappa shape index (κ1) is 13.8. The summed E-state index contributed by atoms with van der Waals surface area (Å²) >= 11 is 1.73. The van der Waals surface area contributed by atoms with Gasteiger partial charge in [0.1, 0.15) is 5.84 Å². The molecule has 1 aromatic carbocycles. The maximum atomic E-state index is 7.44. The Balaban J connectivity index is 2.04. The van der Waals surface area contributed by atoms with Crippen molar-refractivity contribution < 1.29 is 0 Å². The highest BCUT2D eigenvalue weighted by Gasteiger charge is 2.06. The molecule has 0 unspecified atom stereocenters. The van der Waals surface area contributed by atoms with Crippen LogP contribution in [0.2, 0.25) is 0 Å². The minimum absolute atomic E-state index is 0.126. The SMILES string of the molecule is Cc1cc(C(=N)N)ccc1CN(C)Cc1ccsc1. The second-order valence-electron chi connectivity index (χ2n) is 4.86. The quantitative estimate of drug-likeness (QED) is 0.650. The van der Waals surface area contributed by atoms with E-state index in [0.717, 1.165) is 18.7 Å². The number of nitrogen functional groups attached to an aromatic ring is 1. The highest BCUT2D eigenvalue weighted by molar-refractivity contribution is 7.07. The number of hydrogen-bond donors (Lipinski definition) is 2. The van der Waals surface area contributed by atoms with E-state index in [-0.39, 0.29) is 5.84 Å². The van der Waals surface area contributed by atoms with Crippen molar-refractivity contribution >= 4 is 17.2 Å². The Morgan fingerprint density at radius 3 is 2.68 bits per heavy atom. The highest BCUT2D eigenvalue weighted by Crippen LogP contribution is 2.15. The fourth-order valence-corrected chi connectivity index (χ4v) is 2.74. The van der Waals surface area contributed by atoms with E-state index in [4.69, 9.17) is 11.1 Å². The number of hydrogen-bond acceptors (Lipinski definition) is 3. The number of rotatable bonds is 5. The van der Waals surface area contributed by atoms with Gasteiger partial charge < -0.3 is 5.73 Å². The molecule has 0 aliphatic rings. The molecular formula is C15H19N3S. The van der Waals surface area contributed by atoms with Crippen LogP contribution in [0.5, 0.6) is 0 Å². The van der Waals surface area contributed by atoms with E-state index in [0.29, 0.717) is 0 Å². The van der Waals surface area contributed by atoms with Crippen molar-refractivity contribution in [3.63, 3.8) is 0 Å². The van der Waals surface area contributed by atoms with Crippen LogP contribution in [0.15, 0.2) is 35.0 Å². The van der Waals surface area contributed by atoms with Crippen molar-refractivity contribution in [3.8, 4) is 0 Å². The second kappa shape index (κ2) is 5.99. The van der Waals surface area contributed by atoms with Gasteiger partial charge in [-0.1, -0.05) is 12.1 Å². The molecule has 0 spiro atoms. The zero-order valence-electron chi connectivity index (χ0n) is 11.3. The van der Waals surface area contributed by atoms with Gasteiger partial charge in [-0.05, 0) is 53.6 Å². The molecule has 3 N–H and O–H groups in total. The van der Waals surface area contributed by atoms with E-state index < -0.39 is 0 Å². The molecule has 0 saturated heterocycles. The van der Waals surface area contributed by atoms with E-state index in [9.17, 15) is 0 Å².